The number of carbonyl (C=O) groups excluding carboxylic acids is 1. The van der Waals surface area contributed by atoms with Gasteiger partial charge in [-0.2, -0.15) is 0 Å². The Kier molecular flexibility index (Phi) is 5.66. The number of ether oxygens (including phenoxy) is 2. The molecule has 5 heteroatoms. The molecular formula is C17H26N2O3. The Bertz CT molecular complexity index is 519. The van der Waals surface area contributed by atoms with Gasteiger partial charge in [-0.1, -0.05) is 6.92 Å². The summed E-state index contributed by atoms with van der Waals surface area (Å²) in [6.45, 7) is 3.52. The molecule has 0 spiro atoms. The maximum atomic E-state index is 12.7. The van der Waals surface area contributed by atoms with Crippen molar-refractivity contribution in [2.24, 2.45) is 11.7 Å². The van der Waals surface area contributed by atoms with Crippen LogP contribution in [0, 0.1) is 5.92 Å². The molecule has 0 bridgehead atoms. The lowest BCUT2D eigenvalue weighted by Crippen LogP contribution is -2.49. The van der Waals surface area contributed by atoms with E-state index in [-0.39, 0.29) is 11.9 Å². The van der Waals surface area contributed by atoms with Gasteiger partial charge in [-0.3, -0.25) is 4.79 Å². The summed E-state index contributed by atoms with van der Waals surface area (Å²) in [5, 5.41) is 0. The number of carbonyl (C=O) groups is 1. The molecule has 2 rings (SSSR count). The minimum Gasteiger partial charge on any atom is -0.497 e. The second kappa shape index (κ2) is 7.49. The minimum absolute atomic E-state index is 0.105. The number of benzene rings is 1. The first kappa shape index (κ1) is 16.6. The van der Waals surface area contributed by atoms with Crippen molar-refractivity contribution in [1.29, 1.82) is 0 Å². The van der Waals surface area contributed by atoms with Crippen LogP contribution in [0.2, 0.25) is 0 Å². The summed E-state index contributed by atoms with van der Waals surface area (Å²) >= 11 is 0. The molecule has 1 aliphatic heterocycles. The Morgan fingerprint density at radius 1 is 1.36 bits per heavy atom. The molecule has 1 amide bonds. The Balaban J connectivity index is 2.14. The molecule has 2 unspecified atom stereocenters. The molecule has 22 heavy (non-hydrogen) atoms. The number of rotatable bonds is 5. The standard InChI is InChI=1S/C17H26N2O3/c1-12-6-7-19(14(8-12)11-18)17(20)10-13-9-15(21-2)4-5-16(13)22-3/h4-5,9,12,14H,6-8,10-11,18H2,1-3H3. The van der Waals surface area contributed by atoms with E-state index in [9.17, 15) is 4.79 Å². The Labute approximate surface area is 132 Å². The molecule has 0 radical (unpaired) electrons. The number of piperidine rings is 1. The summed E-state index contributed by atoms with van der Waals surface area (Å²) in [4.78, 5) is 14.6. The van der Waals surface area contributed by atoms with Gasteiger partial charge in [-0.15, -0.1) is 0 Å². The number of nitrogens with zero attached hydrogens (tertiary/aromatic N) is 1. The van der Waals surface area contributed by atoms with Gasteiger partial charge in [0, 0.05) is 24.7 Å². The van der Waals surface area contributed by atoms with Crippen molar-refractivity contribution >= 4 is 5.91 Å². The van der Waals surface area contributed by atoms with Gasteiger partial charge in [0.05, 0.1) is 20.6 Å². The van der Waals surface area contributed by atoms with E-state index in [0.717, 1.165) is 30.7 Å². The third-order valence-electron chi connectivity index (χ3n) is 4.40. The SMILES string of the molecule is COc1ccc(OC)c(CC(=O)N2CCC(C)CC2CN)c1. The Hall–Kier alpha value is -1.75. The zero-order valence-electron chi connectivity index (χ0n) is 13.7. The Morgan fingerprint density at radius 2 is 2.14 bits per heavy atom. The second-order valence-corrected chi connectivity index (χ2v) is 5.96. The molecule has 122 valence electrons. The van der Waals surface area contributed by atoms with Gasteiger partial charge in [0.2, 0.25) is 5.91 Å². The topological polar surface area (TPSA) is 64.8 Å². The fourth-order valence-electron chi connectivity index (χ4n) is 3.09. The normalized spacial score (nSPS) is 21.5. The van der Waals surface area contributed by atoms with Crippen LogP contribution in [-0.2, 0) is 11.2 Å². The van der Waals surface area contributed by atoms with Crippen LogP contribution in [0.1, 0.15) is 25.3 Å². The molecule has 2 N–H and O–H groups in total. The Morgan fingerprint density at radius 3 is 2.77 bits per heavy atom. The van der Waals surface area contributed by atoms with Gasteiger partial charge >= 0.3 is 0 Å². The molecule has 1 aromatic rings. The quantitative estimate of drug-likeness (QED) is 0.901. The summed E-state index contributed by atoms with van der Waals surface area (Å²) in [6, 6.07) is 5.67. The average molecular weight is 306 g/mol. The monoisotopic (exact) mass is 306 g/mol. The van der Waals surface area contributed by atoms with Crippen LogP contribution in [0.3, 0.4) is 0 Å². The molecule has 1 heterocycles. The van der Waals surface area contributed by atoms with Crippen molar-refractivity contribution in [3.8, 4) is 11.5 Å². The molecular weight excluding hydrogens is 280 g/mol. The predicted octanol–water partition coefficient (Wildman–Crippen LogP) is 1.83. The van der Waals surface area contributed by atoms with E-state index < -0.39 is 0 Å². The third kappa shape index (κ3) is 3.71. The summed E-state index contributed by atoms with van der Waals surface area (Å²) in [5.41, 5.74) is 6.70. The van der Waals surface area contributed by atoms with Crippen LogP contribution in [0.5, 0.6) is 11.5 Å². The maximum Gasteiger partial charge on any atom is 0.227 e. The van der Waals surface area contributed by atoms with E-state index in [0.29, 0.717) is 24.6 Å². The molecule has 1 aliphatic rings. The van der Waals surface area contributed by atoms with Crippen LogP contribution in [0.15, 0.2) is 18.2 Å². The molecule has 0 saturated carbocycles. The largest absolute Gasteiger partial charge is 0.497 e. The third-order valence-corrected chi connectivity index (χ3v) is 4.40. The summed E-state index contributed by atoms with van der Waals surface area (Å²) in [7, 11) is 3.23. The number of methoxy groups -OCH3 is 2. The van der Waals surface area contributed by atoms with Crippen LogP contribution in [-0.4, -0.2) is 44.2 Å². The molecule has 0 aliphatic carbocycles. The average Bonchev–Trinajstić information content (AvgIpc) is 2.54. The smallest absolute Gasteiger partial charge is 0.227 e. The van der Waals surface area contributed by atoms with E-state index >= 15 is 0 Å². The summed E-state index contributed by atoms with van der Waals surface area (Å²) in [5.74, 6) is 2.17. The van der Waals surface area contributed by atoms with Gasteiger partial charge in [-0.25, -0.2) is 0 Å². The van der Waals surface area contributed by atoms with Gasteiger partial charge < -0.3 is 20.1 Å². The summed E-state index contributed by atoms with van der Waals surface area (Å²) < 4.78 is 10.6. The summed E-state index contributed by atoms with van der Waals surface area (Å²) in [6.07, 6.45) is 2.33. The van der Waals surface area contributed by atoms with Crippen molar-refractivity contribution in [3.63, 3.8) is 0 Å². The highest BCUT2D eigenvalue weighted by molar-refractivity contribution is 5.80. The number of nitrogens with two attached hydrogens (primary N) is 1. The number of hydrogen-bond donors (Lipinski definition) is 1. The molecule has 2 atom stereocenters. The highest BCUT2D eigenvalue weighted by atomic mass is 16.5. The molecule has 0 aromatic heterocycles. The zero-order valence-corrected chi connectivity index (χ0v) is 13.7. The molecule has 1 aromatic carbocycles. The van der Waals surface area contributed by atoms with Crippen LogP contribution in [0.4, 0.5) is 0 Å². The van der Waals surface area contributed by atoms with Crippen molar-refractivity contribution in [2.45, 2.75) is 32.2 Å². The van der Waals surface area contributed by atoms with Crippen molar-refractivity contribution in [1.82, 2.24) is 4.90 Å². The molecule has 1 saturated heterocycles. The number of amides is 1. The first-order valence-electron chi connectivity index (χ1n) is 7.79. The highest BCUT2D eigenvalue weighted by Gasteiger charge is 2.29. The predicted molar refractivity (Wildman–Crippen MR) is 86.2 cm³/mol. The lowest BCUT2D eigenvalue weighted by molar-refractivity contribution is -0.134. The van der Waals surface area contributed by atoms with Gasteiger partial charge in [0.1, 0.15) is 11.5 Å². The van der Waals surface area contributed by atoms with Crippen LogP contribution < -0.4 is 15.2 Å². The van der Waals surface area contributed by atoms with Crippen molar-refractivity contribution in [2.75, 3.05) is 27.3 Å². The number of hydrogen-bond acceptors (Lipinski definition) is 4. The minimum atomic E-state index is 0.105. The second-order valence-electron chi connectivity index (χ2n) is 5.96. The fourth-order valence-corrected chi connectivity index (χ4v) is 3.09. The number of likely N-dealkylation sites (tertiary alicyclic amines) is 1. The first-order valence-corrected chi connectivity index (χ1v) is 7.79. The zero-order chi connectivity index (χ0) is 16.1. The van der Waals surface area contributed by atoms with Gasteiger partial charge in [0.25, 0.3) is 0 Å². The maximum absolute atomic E-state index is 12.7. The van der Waals surface area contributed by atoms with Crippen LogP contribution in [0.25, 0.3) is 0 Å². The van der Waals surface area contributed by atoms with Gasteiger partial charge in [-0.05, 0) is 37.0 Å². The highest BCUT2D eigenvalue weighted by Crippen LogP contribution is 2.27. The van der Waals surface area contributed by atoms with Crippen molar-refractivity contribution < 1.29 is 14.3 Å². The first-order chi connectivity index (χ1) is 10.6. The molecule has 1 fully saturated rings. The van der Waals surface area contributed by atoms with E-state index in [1.165, 1.54) is 0 Å². The van der Waals surface area contributed by atoms with E-state index in [4.69, 9.17) is 15.2 Å². The van der Waals surface area contributed by atoms with Crippen LogP contribution >= 0.6 is 0 Å². The lowest BCUT2D eigenvalue weighted by atomic mass is 9.92. The van der Waals surface area contributed by atoms with E-state index in [2.05, 4.69) is 6.92 Å². The fraction of sp³-hybridized carbons (Fsp3) is 0.588. The lowest BCUT2D eigenvalue weighted by Gasteiger charge is -2.38. The van der Waals surface area contributed by atoms with Crippen molar-refractivity contribution in [3.05, 3.63) is 23.8 Å². The van der Waals surface area contributed by atoms with Gasteiger partial charge in [0.15, 0.2) is 0 Å². The molecule has 5 nitrogen and oxygen atoms in total. The van der Waals surface area contributed by atoms with E-state index in [1.807, 2.05) is 23.1 Å². The van der Waals surface area contributed by atoms with E-state index in [1.54, 1.807) is 14.2 Å².